The van der Waals surface area contributed by atoms with E-state index in [1.165, 1.54) is 6.92 Å². The molecule has 2 heteroatoms. The molecule has 0 unspecified atom stereocenters. The third-order valence-corrected chi connectivity index (χ3v) is 3.05. The summed E-state index contributed by atoms with van der Waals surface area (Å²) >= 11 is 0. The van der Waals surface area contributed by atoms with Gasteiger partial charge in [0.05, 0.1) is 0 Å². The molecule has 0 aliphatic heterocycles. The number of hydrogen-bond donors (Lipinski definition) is 0. The lowest BCUT2D eigenvalue weighted by Gasteiger charge is -2.09. The lowest BCUT2D eigenvalue weighted by atomic mass is 10.1. The van der Waals surface area contributed by atoms with Crippen LogP contribution >= 0.6 is 0 Å². The molecule has 0 amide bonds. The number of hydrogen-bond acceptors (Lipinski definition) is 2. The zero-order chi connectivity index (χ0) is 10.3. The van der Waals surface area contributed by atoms with Gasteiger partial charge in [-0.05, 0) is 37.7 Å². The third-order valence-electron chi connectivity index (χ3n) is 3.05. The highest BCUT2D eigenvalue weighted by Crippen LogP contribution is 2.58. The fourth-order valence-corrected chi connectivity index (χ4v) is 2.39. The van der Waals surface area contributed by atoms with Gasteiger partial charge in [-0.1, -0.05) is 12.2 Å². The Morgan fingerprint density at radius 3 is 2.50 bits per heavy atom. The minimum Gasteiger partial charge on any atom is -0.431 e. The lowest BCUT2D eigenvalue weighted by molar-refractivity contribution is -0.137. The molecule has 0 aromatic rings. The molecule has 14 heavy (non-hydrogen) atoms. The van der Waals surface area contributed by atoms with Gasteiger partial charge in [-0.25, -0.2) is 0 Å². The first-order valence-corrected chi connectivity index (χ1v) is 5.13. The molecule has 2 aliphatic carbocycles. The Labute approximate surface area is 84.6 Å². The first kappa shape index (κ1) is 9.50. The van der Waals surface area contributed by atoms with E-state index in [0.29, 0.717) is 17.8 Å². The molecule has 1 saturated carbocycles. The molecule has 0 saturated heterocycles. The van der Waals surface area contributed by atoms with Gasteiger partial charge in [0.1, 0.15) is 5.76 Å². The summed E-state index contributed by atoms with van der Waals surface area (Å²) in [6.07, 6.45) is 5.62. The maximum atomic E-state index is 10.9. The second-order valence-electron chi connectivity index (χ2n) is 4.39. The molecular formula is C12H16O2. The first-order valence-electron chi connectivity index (χ1n) is 5.13. The summed E-state index contributed by atoms with van der Waals surface area (Å²) in [5.41, 5.74) is 1.13. The van der Waals surface area contributed by atoms with Crippen LogP contribution in [0.2, 0.25) is 0 Å². The van der Waals surface area contributed by atoms with Crippen LogP contribution in [0.4, 0.5) is 0 Å². The van der Waals surface area contributed by atoms with Crippen molar-refractivity contribution in [1.29, 1.82) is 0 Å². The van der Waals surface area contributed by atoms with Crippen LogP contribution in [-0.4, -0.2) is 5.97 Å². The van der Waals surface area contributed by atoms with E-state index in [2.05, 4.69) is 12.2 Å². The van der Waals surface area contributed by atoms with Crippen LogP contribution in [0.15, 0.2) is 23.5 Å². The molecule has 0 radical (unpaired) electrons. The minimum atomic E-state index is -0.199. The van der Waals surface area contributed by atoms with Crippen LogP contribution < -0.4 is 0 Å². The van der Waals surface area contributed by atoms with Gasteiger partial charge in [-0.2, -0.15) is 0 Å². The third kappa shape index (κ3) is 1.49. The van der Waals surface area contributed by atoms with Crippen molar-refractivity contribution in [2.24, 2.45) is 17.8 Å². The Morgan fingerprint density at radius 1 is 1.36 bits per heavy atom. The van der Waals surface area contributed by atoms with E-state index in [4.69, 9.17) is 4.74 Å². The van der Waals surface area contributed by atoms with Crippen LogP contribution in [0, 0.1) is 17.8 Å². The Bertz CT molecular complexity index is 321. The Morgan fingerprint density at radius 2 is 2.07 bits per heavy atom. The molecule has 0 heterocycles. The molecule has 2 aliphatic rings. The van der Waals surface area contributed by atoms with Crippen molar-refractivity contribution in [1.82, 2.24) is 0 Å². The largest absolute Gasteiger partial charge is 0.431 e. The zero-order valence-corrected chi connectivity index (χ0v) is 8.91. The summed E-state index contributed by atoms with van der Waals surface area (Å²) in [4.78, 5) is 10.9. The number of ether oxygens (including phenoxy) is 1. The van der Waals surface area contributed by atoms with Crippen molar-refractivity contribution in [3.8, 4) is 0 Å². The molecule has 76 valence electrons. The van der Waals surface area contributed by atoms with Gasteiger partial charge in [-0.15, -0.1) is 0 Å². The van der Waals surface area contributed by atoms with E-state index in [9.17, 15) is 4.79 Å². The van der Waals surface area contributed by atoms with E-state index < -0.39 is 0 Å². The smallest absolute Gasteiger partial charge is 0.307 e. The van der Waals surface area contributed by atoms with Crippen molar-refractivity contribution in [3.05, 3.63) is 23.5 Å². The van der Waals surface area contributed by atoms with Crippen molar-refractivity contribution < 1.29 is 9.53 Å². The minimum absolute atomic E-state index is 0.199. The average molecular weight is 192 g/mol. The highest BCUT2D eigenvalue weighted by molar-refractivity contribution is 5.67. The predicted molar refractivity (Wildman–Crippen MR) is 54.4 cm³/mol. The van der Waals surface area contributed by atoms with Crippen LogP contribution in [0.1, 0.15) is 27.2 Å². The van der Waals surface area contributed by atoms with Crippen LogP contribution in [-0.2, 0) is 9.53 Å². The van der Waals surface area contributed by atoms with E-state index in [1.54, 1.807) is 0 Å². The van der Waals surface area contributed by atoms with E-state index in [-0.39, 0.29) is 5.97 Å². The van der Waals surface area contributed by atoms with E-state index in [0.717, 1.165) is 17.8 Å². The highest BCUT2D eigenvalue weighted by atomic mass is 16.5. The molecule has 0 N–H and O–H groups in total. The van der Waals surface area contributed by atoms with E-state index in [1.807, 2.05) is 13.8 Å². The summed E-state index contributed by atoms with van der Waals surface area (Å²) in [6, 6.07) is 0. The number of allylic oxidation sites excluding steroid dienone is 4. The van der Waals surface area contributed by atoms with Crippen LogP contribution in [0.25, 0.3) is 0 Å². The van der Waals surface area contributed by atoms with Gasteiger partial charge in [0, 0.05) is 12.8 Å². The highest BCUT2D eigenvalue weighted by Gasteiger charge is 2.53. The molecular weight excluding hydrogens is 176 g/mol. The lowest BCUT2D eigenvalue weighted by Crippen LogP contribution is -2.04. The fraction of sp³-hybridized carbons (Fsp3) is 0.583. The molecule has 2 rings (SSSR count). The first-order chi connectivity index (χ1) is 6.61. The summed E-state index contributed by atoms with van der Waals surface area (Å²) < 4.78 is 5.28. The summed E-state index contributed by atoms with van der Waals surface area (Å²) in [7, 11) is 0. The summed E-state index contributed by atoms with van der Waals surface area (Å²) in [5.74, 6) is 2.54. The molecule has 0 aromatic heterocycles. The van der Waals surface area contributed by atoms with Crippen LogP contribution in [0.5, 0.6) is 0 Å². The van der Waals surface area contributed by atoms with Crippen molar-refractivity contribution in [3.63, 3.8) is 0 Å². The van der Waals surface area contributed by atoms with Gasteiger partial charge in [0.25, 0.3) is 0 Å². The van der Waals surface area contributed by atoms with Gasteiger partial charge in [0.15, 0.2) is 0 Å². The molecule has 1 fully saturated rings. The Kier molecular flexibility index (Phi) is 2.22. The van der Waals surface area contributed by atoms with Gasteiger partial charge >= 0.3 is 5.97 Å². The topological polar surface area (TPSA) is 26.3 Å². The van der Waals surface area contributed by atoms with Gasteiger partial charge in [-0.3, -0.25) is 4.79 Å². The summed E-state index contributed by atoms with van der Waals surface area (Å²) in [6.45, 7) is 5.49. The van der Waals surface area contributed by atoms with Crippen molar-refractivity contribution in [2.45, 2.75) is 27.2 Å². The number of rotatable bonds is 2. The van der Waals surface area contributed by atoms with Crippen LogP contribution in [0.3, 0.4) is 0 Å². The summed E-state index contributed by atoms with van der Waals surface area (Å²) in [5, 5.41) is 0. The number of carbonyl (C=O) groups is 1. The molecule has 2 nitrogen and oxygen atoms in total. The standard InChI is InChI=1S/C12H16O2/c1-7(2)12(14-8(3)13)11-9-5-4-6-10(9)11/h4-5,9-11H,6H2,1-3H3/t9-,10+,11-/m1/s1. The number of carbonyl (C=O) groups excluding carboxylic acids is 1. The normalized spacial score (nSPS) is 32.4. The van der Waals surface area contributed by atoms with Gasteiger partial charge < -0.3 is 4.74 Å². The zero-order valence-electron chi connectivity index (χ0n) is 8.91. The second-order valence-corrected chi connectivity index (χ2v) is 4.39. The second kappa shape index (κ2) is 3.26. The Hall–Kier alpha value is -1.05. The molecule has 3 atom stereocenters. The predicted octanol–water partition coefficient (Wildman–Crippen LogP) is 2.67. The quantitative estimate of drug-likeness (QED) is 0.382. The Balaban J connectivity index is 2.11. The van der Waals surface area contributed by atoms with Crippen molar-refractivity contribution in [2.75, 3.05) is 0 Å². The van der Waals surface area contributed by atoms with E-state index >= 15 is 0 Å². The van der Waals surface area contributed by atoms with Gasteiger partial charge in [0.2, 0.25) is 0 Å². The number of fused-ring (bicyclic) bond motifs is 1. The SMILES string of the molecule is CC(=O)OC(=C(C)C)[C@@H]1[C@@H]2C=CC[C@@H]21. The average Bonchev–Trinajstić information content (AvgIpc) is 2.57. The van der Waals surface area contributed by atoms with Crippen molar-refractivity contribution >= 4 is 5.97 Å². The maximum absolute atomic E-state index is 10.9. The molecule has 0 spiro atoms. The fourth-order valence-electron chi connectivity index (χ4n) is 2.39. The molecule has 0 bridgehead atoms. The number of esters is 1. The monoisotopic (exact) mass is 192 g/mol. The maximum Gasteiger partial charge on any atom is 0.307 e. The molecule has 0 aromatic carbocycles.